The van der Waals surface area contributed by atoms with Crippen molar-refractivity contribution < 1.29 is 4.70 Å². The smallest absolute Gasteiger partial charge is 0.0492 e. The molecule has 0 atom stereocenters. The molecule has 3 aromatic rings. The van der Waals surface area contributed by atoms with Crippen molar-refractivity contribution in [3.8, 4) is 0 Å². The second-order valence-corrected chi connectivity index (χ2v) is 6.61. The van der Waals surface area contributed by atoms with Gasteiger partial charge in [0.2, 0.25) is 0 Å². The summed E-state index contributed by atoms with van der Waals surface area (Å²) in [5.74, 6) is 0. The van der Waals surface area contributed by atoms with Gasteiger partial charge in [0.25, 0.3) is 0 Å². The molecule has 0 unspecified atom stereocenters. The summed E-state index contributed by atoms with van der Waals surface area (Å²) in [5, 5.41) is 6.06. The van der Waals surface area contributed by atoms with E-state index in [1.54, 1.807) is 0 Å². The molecule has 1 heterocycles. The van der Waals surface area contributed by atoms with Gasteiger partial charge in [-0.15, -0.1) is 0 Å². The fourth-order valence-corrected chi connectivity index (χ4v) is 3.36. The van der Waals surface area contributed by atoms with Crippen LogP contribution in [0.4, 0.5) is 4.70 Å². The number of fused-ring (bicyclic) bond motifs is 3. The Kier molecular flexibility index (Phi) is 5.45. The quantitative estimate of drug-likeness (QED) is 0.207. The monoisotopic (exact) mass is 426 g/mol. The molecule has 0 N–H and O–H groups in total. The van der Waals surface area contributed by atoms with Crippen LogP contribution in [0.5, 0.6) is 0 Å². The number of hydrogen-bond acceptors (Lipinski definition) is 1. The Morgan fingerprint density at radius 1 is 1.00 bits per heavy atom. The van der Waals surface area contributed by atoms with Gasteiger partial charge in [-0.1, -0.05) is 37.0 Å². The molecular weight excluding hydrogens is 415 g/mol. The third-order valence-corrected chi connectivity index (χ3v) is 4.48. The van der Waals surface area contributed by atoms with Crippen molar-refractivity contribution in [2.45, 2.75) is 13.0 Å². The molecule has 0 aliphatic heterocycles. The zero-order valence-electron chi connectivity index (χ0n) is 11.5. The molecule has 4 nitrogen and oxygen atoms in total. The first-order chi connectivity index (χ1) is 10.2. The van der Waals surface area contributed by atoms with Crippen molar-refractivity contribution in [3.05, 3.63) is 55.8 Å². The van der Waals surface area contributed by atoms with E-state index in [2.05, 4.69) is 82.9 Å². The fourth-order valence-electron chi connectivity index (χ4n) is 2.63. The summed E-state index contributed by atoms with van der Waals surface area (Å²) >= 11 is 7.09. The molecule has 0 saturated carbocycles. The molecule has 0 spiro atoms. The minimum atomic E-state index is 0. The minimum Gasteiger partial charge on any atom is -0.340 e. The Labute approximate surface area is 143 Å². The number of azide groups is 1. The zero-order chi connectivity index (χ0) is 14.8. The Balaban J connectivity index is 0.00000176. The largest absolute Gasteiger partial charge is 0.340 e. The molecule has 1 aromatic heterocycles. The van der Waals surface area contributed by atoms with E-state index in [1.165, 1.54) is 21.8 Å². The average Bonchev–Trinajstić information content (AvgIpc) is 2.77. The van der Waals surface area contributed by atoms with Crippen LogP contribution in [0.15, 0.2) is 50.5 Å². The van der Waals surface area contributed by atoms with Crippen LogP contribution in [0.25, 0.3) is 32.2 Å². The van der Waals surface area contributed by atoms with Crippen molar-refractivity contribution in [1.29, 1.82) is 0 Å². The Morgan fingerprint density at radius 3 is 2.05 bits per heavy atom. The topological polar surface area (TPSA) is 53.7 Å². The average molecular weight is 428 g/mol. The van der Waals surface area contributed by atoms with E-state index in [9.17, 15) is 0 Å². The summed E-state index contributed by atoms with van der Waals surface area (Å²) in [6, 6.07) is 12.7. The molecule has 0 radical (unpaired) electrons. The highest BCUT2D eigenvalue weighted by Crippen LogP contribution is 2.33. The van der Waals surface area contributed by atoms with Crippen molar-refractivity contribution in [2.75, 3.05) is 6.54 Å². The maximum absolute atomic E-state index is 8.37. The number of benzene rings is 2. The van der Waals surface area contributed by atoms with E-state index >= 15 is 0 Å². The molecule has 0 fully saturated rings. The third kappa shape index (κ3) is 3.11. The molecule has 114 valence electrons. The summed E-state index contributed by atoms with van der Waals surface area (Å²) < 4.78 is 4.43. The van der Waals surface area contributed by atoms with Gasteiger partial charge in [0.1, 0.15) is 0 Å². The van der Waals surface area contributed by atoms with Gasteiger partial charge in [-0.05, 0) is 48.4 Å². The lowest BCUT2D eigenvalue weighted by atomic mass is 10.2. The van der Waals surface area contributed by atoms with Crippen LogP contribution in [0.1, 0.15) is 6.42 Å². The van der Waals surface area contributed by atoms with Gasteiger partial charge in [-0.3, -0.25) is 4.70 Å². The number of nitrogens with zero attached hydrogens (tertiary/aromatic N) is 4. The molecule has 3 rings (SSSR count). The third-order valence-electron chi connectivity index (χ3n) is 3.49. The Bertz CT molecular complexity index is 809. The standard InChI is InChI=1S/C15H12Br2N4.FH/c16-10-2-4-14-12(8-10)13-9-11(17)3-5-15(13)21(14)7-1-6-19-20-18;/h2-5,8-9H,1,6-7H2;1H. The summed E-state index contributed by atoms with van der Waals surface area (Å²) in [7, 11) is 0. The minimum absolute atomic E-state index is 0. The predicted octanol–water partition coefficient (Wildman–Crippen LogP) is 6.17. The van der Waals surface area contributed by atoms with Crippen molar-refractivity contribution in [2.24, 2.45) is 5.11 Å². The first-order valence-corrected chi connectivity index (χ1v) is 8.17. The predicted molar refractivity (Wildman–Crippen MR) is 96.0 cm³/mol. The molecule has 0 saturated heterocycles. The van der Waals surface area contributed by atoms with Gasteiger partial charge in [-0.25, -0.2) is 0 Å². The van der Waals surface area contributed by atoms with E-state index in [0.29, 0.717) is 6.54 Å². The van der Waals surface area contributed by atoms with Crippen LogP contribution in [-0.4, -0.2) is 11.1 Å². The number of aryl methyl sites for hydroxylation is 1. The molecule has 0 amide bonds. The Hall–Kier alpha value is -1.56. The Morgan fingerprint density at radius 2 is 1.55 bits per heavy atom. The molecule has 22 heavy (non-hydrogen) atoms. The van der Waals surface area contributed by atoms with E-state index < -0.39 is 0 Å². The molecule has 0 aliphatic rings. The lowest BCUT2D eigenvalue weighted by Gasteiger charge is -2.06. The van der Waals surface area contributed by atoms with Crippen LogP contribution in [-0.2, 0) is 6.54 Å². The van der Waals surface area contributed by atoms with Crippen LogP contribution in [0.3, 0.4) is 0 Å². The second-order valence-electron chi connectivity index (χ2n) is 4.78. The normalized spacial score (nSPS) is 10.5. The van der Waals surface area contributed by atoms with Gasteiger partial charge >= 0.3 is 0 Å². The SMILES string of the molecule is F.[N-]=[N+]=NCCCn1c2ccc(Br)cc2c2cc(Br)ccc21. The first kappa shape index (κ1) is 16.8. The highest BCUT2D eigenvalue weighted by Gasteiger charge is 2.10. The van der Waals surface area contributed by atoms with Gasteiger partial charge in [0.15, 0.2) is 0 Å². The maximum Gasteiger partial charge on any atom is 0.0492 e. The summed E-state index contributed by atoms with van der Waals surface area (Å²) in [5.41, 5.74) is 10.8. The summed E-state index contributed by atoms with van der Waals surface area (Å²) in [4.78, 5) is 2.81. The summed E-state index contributed by atoms with van der Waals surface area (Å²) in [6.07, 6.45) is 0.828. The van der Waals surface area contributed by atoms with Gasteiger partial charge in [0.05, 0.1) is 0 Å². The highest BCUT2D eigenvalue weighted by molar-refractivity contribution is 9.10. The highest BCUT2D eigenvalue weighted by atomic mass is 79.9. The van der Waals surface area contributed by atoms with Crippen LogP contribution in [0.2, 0.25) is 0 Å². The van der Waals surface area contributed by atoms with E-state index in [4.69, 9.17) is 5.53 Å². The number of aromatic nitrogens is 1. The van der Waals surface area contributed by atoms with Crippen molar-refractivity contribution in [1.82, 2.24) is 4.57 Å². The lowest BCUT2D eigenvalue weighted by Crippen LogP contribution is -1.98. The van der Waals surface area contributed by atoms with E-state index in [0.717, 1.165) is 21.9 Å². The van der Waals surface area contributed by atoms with Crippen molar-refractivity contribution in [3.63, 3.8) is 0 Å². The van der Waals surface area contributed by atoms with Crippen LogP contribution >= 0.6 is 31.9 Å². The van der Waals surface area contributed by atoms with Gasteiger partial charge in [0, 0.05) is 48.8 Å². The zero-order valence-corrected chi connectivity index (χ0v) is 14.7. The second kappa shape index (κ2) is 7.13. The summed E-state index contributed by atoms with van der Waals surface area (Å²) in [6.45, 7) is 1.35. The number of hydrogen-bond donors (Lipinski definition) is 0. The molecule has 7 heteroatoms. The fraction of sp³-hybridized carbons (Fsp3) is 0.200. The lowest BCUT2D eigenvalue weighted by molar-refractivity contribution is 0.685. The number of rotatable bonds is 4. The first-order valence-electron chi connectivity index (χ1n) is 6.58. The molecular formula is C15H13Br2FN4. The van der Waals surface area contributed by atoms with E-state index in [-0.39, 0.29) is 4.70 Å². The van der Waals surface area contributed by atoms with Crippen LogP contribution < -0.4 is 0 Å². The van der Waals surface area contributed by atoms with Gasteiger partial charge < -0.3 is 4.57 Å². The van der Waals surface area contributed by atoms with Crippen LogP contribution in [0, 0.1) is 0 Å². The molecule has 0 aliphatic carbocycles. The maximum atomic E-state index is 8.37. The number of halogens is 3. The molecule has 2 aromatic carbocycles. The van der Waals surface area contributed by atoms with Crippen molar-refractivity contribution >= 4 is 53.7 Å². The van der Waals surface area contributed by atoms with E-state index in [1.807, 2.05) is 0 Å². The van der Waals surface area contributed by atoms with Gasteiger partial charge in [-0.2, -0.15) is 0 Å². The molecule has 0 bridgehead atoms.